The summed E-state index contributed by atoms with van der Waals surface area (Å²) in [5.74, 6) is 0. The van der Waals surface area contributed by atoms with Crippen LogP contribution < -0.4 is 21.0 Å². The van der Waals surface area contributed by atoms with Gasteiger partial charge in [0, 0.05) is 17.2 Å². The quantitative estimate of drug-likeness (QED) is 0.0645. The highest BCUT2D eigenvalue weighted by atomic mass is 31.3. The van der Waals surface area contributed by atoms with E-state index in [1.165, 1.54) is 0 Å². The molecular weight excluding hydrogens is 568 g/mol. The van der Waals surface area contributed by atoms with Gasteiger partial charge < -0.3 is 49.3 Å². The van der Waals surface area contributed by atoms with Crippen molar-refractivity contribution in [2.45, 2.75) is 55.2 Å². The zero-order valence-electron chi connectivity index (χ0n) is 18.7. The fourth-order valence-corrected chi connectivity index (χ4v) is 5.53. The molecule has 38 heavy (non-hydrogen) atoms. The summed E-state index contributed by atoms with van der Waals surface area (Å²) in [5.41, 5.74) is 6.56. The first-order valence-electron chi connectivity index (χ1n) is 10.4. The van der Waals surface area contributed by atoms with Crippen LogP contribution in [0.25, 0.3) is 10.4 Å². The third kappa shape index (κ3) is 7.13. The molecule has 5 unspecified atom stereocenters. The molecule has 0 aliphatic carbocycles. The average molecular weight is 589 g/mol. The van der Waals surface area contributed by atoms with Crippen molar-refractivity contribution in [3.63, 3.8) is 0 Å². The number of azide groups is 1. The minimum Gasteiger partial charge on any atom is -0.756 e. The minimum absolute atomic E-state index is 0.629. The van der Waals surface area contributed by atoms with Crippen LogP contribution in [0, 0.1) is 0 Å². The molecule has 2 aliphatic heterocycles. The van der Waals surface area contributed by atoms with Crippen molar-refractivity contribution in [3.8, 4) is 0 Å². The zero-order chi connectivity index (χ0) is 28.4. The molecule has 214 valence electrons. The number of nitrogens with zero attached hydrogens (tertiary/aromatic N) is 4. The van der Waals surface area contributed by atoms with E-state index in [0.717, 1.165) is 12.3 Å². The fraction of sp³-hybridized carbons (Fsp3) is 0.733. The van der Waals surface area contributed by atoms with Crippen molar-refractivity contribution in [1.29, 1.82) is 0 Å². The molecule has 6 N–H and O–H groups in total. The van der Waals surface area contributed by atoms with Crippen LogP contribution in [0.5, 0.6) is 0 Å². The van der Waals surface area contributed by atoms with E-state index < -0.39 is 95.3 Å². The summed E-state index contributed by atoms with van der Waals surface area (Å²) in [7, 11) is -11.8. The van der Waals surface area contributed by atoms with E-state index in [1.54, 1.807) is 0 Å². The maximum Gasteiger partial charge on any atom is 0.330 e. The lowest BCUT2D eigenvalue weighted by atomic mass is 9.99. The van der Waals surface area contributed by atoms with Crippen molar-refractivity contribution in [2.75, 3.05) is 13.2 Å². The SMILES string of the molecule is [N-]=[N+]=NCC1O[C@H](OP(=O)([O-])OP(=O)([O-])OC[C@H]2O[C@@H](n3ccc(=O)[nH]c3=O)[C@@H](O)C2O)C(O)[C@@H](O)[C@@H]1O. The van der Waals surface area contributed by atoms with Gasteiger partial charge in [-0.3, -0.25) is 28.0 Å². The summed E-state index contributed by atoms with van der Waals surface area (Å²) in [5, 5.41) is 52.9. The van der Waals surface area contributed by atoms with Gasteiger partial charge in [0.2, 0.25) is 0 Å². The van der Waals surface area contributed by atoms with Gasteiger partial charge in [-0.2, -0.15) is 0 Å². The van der Waals surface area contributed by atoms with Gasteiger partial charge in [-0.05, 0) is 5.53 Å². The molecule has 0 saturated carbocycles. The molecule has 2 fully saturated rings. The van der Waals surface area contributed by atoms with Crippen molar-refractivity contribution in [1.82, 2.24) is 9.55 Å². The Kier molecular flexibility index (Phi) is 9.64. The van der Waals surface area contributed by atoms with Crippen LogP contribution in [0.3, 0.4) is 0 Å². The summed E-state index contributed by atoms with van der Waals surface area (Å²) in [4.78, 5) is 51.5. The highest BCUT2D eigenvalue weighted by Crippen LogP contribution is 2.57. The monoisotopic (exact) mass is 589 g/mol. The van der Waals surface area contributed by atoms with Crippen molar-refractivity contribution in [2.24, 2.45) is 5.11 Å². The molecule has 11 atom stereocenters. The maximum atomic E-state index is 12.1. The van der Waals surface area contributed by atoms with E-state index >= 15 is 0 Å². The Labute approximate surface area is 210 Å². The van der Waals surface area contributed by atoms with Crippen LogP contribution in [0.15, 0.2) is 27.0 Å². The van der Waals surface area contributed by atoms with Crippen LogP contribution in [-0.4, -0.2) is 97.3 Å². The standard InChI is InChI=1S/C15H23N5O16P2/c16-19-17-3-5-8(22)10(24)12(26)14(34-5)35-38(30,31)36-37(28,29)32-4-6-9(23)11(25)13(33-6)20-2-1-7(21)18-15(20)27/h1-2,5-6,8-14,22-26H,3-4H2,(H,28,29)(H,30,31)(H,18,21,27)/p-2/t5?,6-,8-,9?,10+,11+,12?,13-,14-/m1/s1. The Morgan fingerprint density at radius 1 is 1.03 bits per heavy atom. The number of aliphatic hydroxyl groups excluding tert-OH is 5. The van der Waals surface area contributed by atoms with Crippen LogP contribution in [0.2, 0.25) is 0 Å². The number of rotatable bonds is 10. The van der Waals surface area contributed by atoms with Gasteiger partial charge >= 0.3 is 5.69 Å². The number of hydrogen-bond donors (Lipinski definition) is 6. The second-order valence-corrected chi connectivity index (χ2v) is 10.8. The topological polar surface area (TPSA) is 331 Å². The molecule has 0 spiro atoms. The van der Waals surface area contributed by atoms with E-state index in [2.05, 4.69) is 23.4 Å². The predicted octanol–water partition coefficient (Wildman–Crippen LogP) is -4.74. The van der Waals surface area contributed by atoms with Crippen molar-refractivity contribution in [3.05, 3.63) is 43.5 Å². The van der Waals surface area contributed by atoms with E-state index in [1.807, 2.05) is 4.98 Å². The highest BCUT2D eigenvalue weighted by molar-refractivity contribution is 7.59. The molecular formula is C15H21N5O16P2-2. The predicted molar refractivity (Wildman–Crippen MR) is 111 cm³/mol. The summed E-state index contributed by atoms with van der Waals surface area (Å²) >= 11 is 0. The summed E-state index contributed by atoms with van der Waals surface area (Å²) in [6.45, 7) is -1.76. The Hall–Kier alpha value is -2.03. The first kappa shape index (κ1) is 30.5. The molecule has 3 heterocycles. The third-order valence-corrected chi connectivity index (χ3v) is 7.82. The van der Waals surface area contributed by atoms with Gasteiger partial charge in [-0.1, -0.05) is 5.11 Å². The van der Waals surface area contributed by atoms with Gasteiger partial charge in [0.15, 0.2) is 12.5 Å². The van der Waals surface area contributed by atoms with Crippen LogP contribution in [0.4, 0.5) is 0 Å². The van der Waals surface area contributed by atoms with Gasteiger partial charge in [-0.25, -0.2) is 9.11 Å². The summed E-state index contributed by atoms with van der Waals surface area (Å²) < 4.78 is 47.5. The number of hydrogen-bond acceptors (Lipinski definition) is 17. The van der Waals surface area contributed by atoms with Crippen molar-refractivity contribution >= 4 is 15.6 Å². The molecule has 0 amide bonds. The zero-order valence-corrected chi connectivity index (χ0v) is 20.5. The smallest absolute Gasteiger partial charge is 0.330 e. The van der Waals surface area contributed by atoms with Gasteiger partial charge in [0.25, 0.3) is 21.2 Å². The summed E-state index contributed by atoms with van der Waals surface area (Å²) in [6.07, 6.45) is -15.9. The lowest BCUT2D eigenvalue weighted by molar-refractivity contribution is -0.300. The maximum absolute atomic E-state index is 12.1. The number of ether oxygens (including phenoxy) is 2. The number of aromatic nitrogens is 2. The van der Waals surface area contributed by atoms with Gasteiger partial charge in [-0.15, -0.1) is 0 Å². The second kappa shape index (κ2) is 12.0. The van der Waals surface area contributed by atoms with Crippen molar-refractivity contribution < 1.29 is 67.3 Å². The lowest BCUT2D eigenvalue weighted by Gasteiger charge is -2.42. The summed E-state index contributed by atoms with van der Waals surface area (Å²) in [6, 6.07) is 0.908. The number of phosphoric acid groups is 2. The molecule has 0 bridgehead atoms. The van der Waals surface area contributed by atoms with Gasteiger partial charge in [0.05, 0.1) is 19.3 Å². The molecule has 1 aromatic heterocycles. The number of aromatic amines is 1. The number of phosphoric ester groups is 2. The van der Waals surface area contributed by atoms with E-state index in [0.29, 0.717) is 4.57 Å². The second-order valence-electron chi connectivity index (χ2n) is 7.87. The molecule has 0 aromatic carbocycles. The average Bonchev–Trinajstić information content (AvgIpc) is 3.10. The minimum atomic E-state index is -5.94. The number of H-pyrrole nitrogens is 1. The molecule has 2 saturated heterocycles. The lowest BCUT2D eigenvalue weighted by Crippen LogP contribution is -2.58. The van der Waals surface area contributed by atoms with Crippen LogP contribution in [0.1, 0.15) is 6.23 Å². The normalized spacial score (nSPS) is 36.7. The fourth-order valence-electron chi connectivity index (χ4n) is 3.45. The largest absolute Gasteiger partial charge is 0.756 e. The number of aliphatic hydroxyl groups is 5. The Balaban J connectivity index is 1.62. The first-order valence-corrected chi connectivity index (χ1v) is 13.3. The Bertz CT molecular complexity index is 1250. The van der Waals surface area contributed by atoms with E-state index in [-0.39, 0.29) is 0 Å². The molecule has 3 rings (SSSR count). The van der Waals surface area contributed by atoms with Gasteiger partial charge in [0.1, 0.15) is 36.6 Å². The molecule has 23 heteroatoms. The van der Waals surface area contributed by atoms with Crippen LogP contribution in [-0.2, 0) is 32.0 Å². The number of nitrogens with one attached hydrogen (secondary N) is 1. The first-order chi connectivity index (χ1) is 17.7. The third-order valence-electron chi connectivity index (χ3n) is 5.29. The molecule has 2 aliphatic rings. The molecule has 1 aromatic rings. The molecule has 0 radical (unpaired) electrons. The van der Waals surface area contributed by atoms with E-state index in [9.17, 15) is 54.0 Å². The molecule has 21 nitrogen and oxygen atoms in total. The Morgan fingerprint density at radius 3 is 2.32 bits per heavy atom. The highest BCUT2D eigenvalue weighted by Gasteiger charge is 2.47. The van der Waals surface area contributed by atoms with Crippen LogP contribution >= 0.6 is 15.6 Å². The Morgan fingerprint density at radius 2 is 1.68 bits per heavy atom. The van der Waals surface area contributed by atoms with E-state index in [4.69, 9.17) is 15.0 Å².